The molecule has 0 saturated heterocycles. The highest BCUT2D eigenvalue weighted by molar-refractivity contribution is 5.76. The van der Waals surface area contributed by atoms with Crippen LogP contribution in [0, 0.1) is 0 Å². The van der Waals surface area contributed by atoms with Crippen LogP contribution in [-0.2, 0) is 4.79 Å². The van der Waals surface area contributed by atoms with Gasteiger partial charge in [0.15, 0.2) is 0 Å². The van der Waals surface area contributed by atoms with Gasteiger partial charge in [-0.3, -0.25) is 4.79 Å². The van der Waals surface area contributed by atoms with Gasteiger partial charge in [-0.15, -0.1) is 0 Å². The van der Waals surface area contributed by atoms with Gasteiger partial charge in [-0.25, -0.2) is 0 Å². The molecule has 4 heteroatoms. The third-order valence-electron chi connectivity index (χ3n) is 14.5. The molecular weight excluding hydrogens is 795 g/mol. The third kappa shape index (κ3) is 53.9. The molecule has 0 fully saturated rings. The molecule has 65 heavy (non-hydrogen) atoms. The van der Waals surface area contributed by atoms with Crippen molar-refractivity contribution in [3.8, 4) is 0 Å². The van der Waals surface area contributed by atoms with Gasteiger partial charge < -0.3 is 15.5 Å². The van der Waals surface area contributed by atoms with Gasteiger partial charge in [0.1, 0.15) is 0 Å². The maximum Gasteiger partial charge on any atom is 0.220 e. The second-order valence-corrected chi connectivity index (χ2v) is 21.1. The van der Waals surface area contributed by atoms with E-state index < -0.39 is 12.1 Å². The van der Waals surface area contributed by atoms with Crippen LogP contribution in [0.5, 0.6) is 0 Å². The van der Waals surface area contributed by atoms with Crippen molar-refractivity contribution >= 4 is 5.91 Å². The summed E-state index contributed by atoms with van der Waals surface area (Å²) in [6.45, 7) is 4.36. The molecule has 0 aliphatic rings. The Kier molecular flexibility index (Phi) is 56.7. The molecule has 0 aliphatic carbocycles. The van der Waals surface area contributed by atoms with Gasteiger partial charge in [0, 0.05) is 6.42 Å². The lowest BCUT2D eigenvalue weighted by atomic mass is 10.0. The predicted molar refractivity (Wildman–Crippen MR) is 290 cm³/mol. The summed E-state index contributed by atoms with van der Waals surface area (Å²) in [5, 5.41) is 23.2. The first-order chi connectivity index (χ1) is 32.2. The Morgan fingerprint density at radius 2 is 0.569 bits per heavy atom. The van der Waals surface area contributed by atoms with Crippen molar-refractivity contribution in [2.75, 3.05) is 6.61 Å². The Labute approximate surface area is 409 Å². The molecule has 0 aromatic carbocycles. The van der Waals surface area contributed by atoms with Gasteiger partial charge in [-0.2, -0.15) is 0 Å². The quantitative estimate of drug-likeness (QED) is 0.0421. The molecule has 0 aromatic heterocycles. The van der Waals surface area contributed by atoms with Crippen molar-refractivity contribution < 1.29 is 15.0 Å². The molecule has 388 valence electrons. The summed E-state index contributed by atoms with van der Waals surface area (Å²) in [6.07, 6.45) is 75.4. The van der Waals surface area contributed by atoms with Crippen molar-refractivity contribution in [1.29, 1.82) is 0 Å². The molecule has 2 unspecified atom stereocenters. The van der Waals surface area contributed by atoms with Crippen LogP contribution in [0.3, 0.4) is 0 Å². The fourth-order valence-electron chi connectivity index (χ4n) is 9.89. The number of unbranched alkanes of at least 4 members (excludes halogenated alkanes) is 50. The average Bonchev–Trinajstić information content (AvgIpc) is 3.31. The zero-order valence-corrected chi connectivity index (χ0v) is 44.8. The first-order valence-electron chi connectivity index (χ1n) is 30.4. The molecule has 0 heterocycles. The number of hydrogen-bond acceptors (Lipinski definition) is 3. The molecule has 1 amide bonds. The Bertz CT molecular complexity index is 905. The molecule has 0 bridgehead atoms. The number of aliphatic hydroxyl groups excluding tert-OH is 2. The fraction of sp³-hybridized carbons (Fsp3) is 0.951. The molecule has 0 aromatic rings. The van der Waals surface area contributed by atoms with Crippen LogP contribution in [0.4, 0.5) is 0 Å². The molecule has 0 radical (unpaired) electrons. The zero-order valence-electron chi connectivity index (χ0n) is 44.8. The Balaban J connectivity index is 3.42. The van der Waals surface area contributed by atoms with Gasteiger partial charge in [0.05, 0.1) is 18.8 Å². The summed E-state index contributed by atoms with van der Waals surface area (Å²) in [5.41, 5.74) is 0. The molecule has 0 saturated carbocycles. The van der Waals surface area contributed by atoms with Crippen molar-refractivity contribution in [3.63, 3.8) is 0 Å². The summed E-state index contributed by atoms with van der Waals surface area (Å²) >= 11 is 0. The molecule has 2 atom stereocenters. The number of carbonyl (C=O) groups is 1. The largest absolute Gasteiger partial charge is 0.394 e. The zero-order chi connectivity index (χ0) is 47.0. The van der Waals surface area contributed by atoms with E-state index in [-0.39, 0.29) is 12.5 Å². The summed E-state index contributed by atoms with van der Waals surface area (Å²) < 4.78 is 0. The minimum atomic E-state index is -0.836. The number of nitrogens with one attached hydrogen (secondary N) is 1. The van der Waals surface area contributed by atoms with Crippen LogP contribution in [0.25, 0.3) is 0 Å². The topological polar surface area (TPSA) is 69.6 Å². The van der Waals surface area contributed by atoms with Crippen molar-refractivity contribution in [1.82, 2.24) is 5.32 Å². The number of aliphatic hydroxyl groups is 2. The minimum absolute atomic E-state index is 0.0546. The average molecular weight is 917 g/mol. The first-order valence-corrected chi connectivity index (χ1v) is 30.4. The van der Waals surface area contributed by atoms with Crippen LogP contribution in [0.2, 0.25) is 0 Å². The van der Waals surface area contributed by atoms with E-state index >= 15 is 0 Å². The van der Waals surface area contributed by atoms with Crippen LogP contribution in [0.1, 0.15) is 354 Å². The van der Waals surface area contributed by atoms with Gasteiger partial charge >= 0.3 is 0 Å². The van der Waals surface area contributed by atoms with E-state index in [9.17, 15) is 15.0 Å². The van der Waals surface area contributed by atoms with Gasteiger partial charge in [0.2, 0.25) is 5.91 Å². The molecule has 0 rings (SSSR count). The normalized spacial score (nSPS) is 12.7. The standard InChI is InChI=1S/C61H121NO3/c1-3-5-7-9-11-13-15-17-19-21-23-25-27-28-29-30-31-32-33-35-37-39-41-43-45-47-49-51-53-55-57-61(65)62-59(58-63)60(64)56-54-52-50-48-46-44-42-40-38-36-34-26-24-22-20-18-16-14-12-10-8-6-4-2/h54,56,59-60,63-64H,3-53,55,57-58H2,1-2H3,(H,62,65)/b56-54+. The van der Waals surface area contributed by atoms with Crippen LogP contribution < -0.4 is 5.32 Å². The second kappa shape index (κ2) is 57.4. The number of allylic oxidation sites excluding steroid dienone is 1. The highest BCUT2D eigenvalue weighted by Crippen LogP contribution is 2.19. The van der Waals surface area contributed by atoms with E-state index in [1.165, 1.54) is 308 Å². The number of amides is 1. The fourth-order valence-corrected chi connectivity index (χ4v) is 9.89. The highest BCUT2D eigenvalue weighted by atomic mass is 16.3. The Hall–Kier alpha value is -0.870. The maximum atomic E-state index is 12.5. The number of hydrogen-bond donors (Lipinski definition) is 3. The predicted octanol–water partition coefficient (Wildman–Crippen LogP) is 20.1. The minimum Gasteiger partial charge on any atom is -0.394 e. The monoisotopic (exact) mass is 916 g/mol. The van der Waals surface area contributed by atoms with E-state index in [2.05, 4.69) is 19.2 Å². The Morgan fingerprint density at radius 1 is 0.354 bits per heavy atom. The summed E-state index contributed by atoms with van der Waals surface area (Å²) in [7, 11) is 0. The van der Waals surface area contributed by atoms with E-state index in [1.807, 2.05) is 6.08 Å². The van der Waals surface area contributed by atoms with Crippen molar-refractivity contribution in [2.45, 2.75) is 366 Å². The first kappa shape index (κ1) is 64.1. The van der Waals surface area contributed by atoms with Gasteiger partial charge in [0.25, 0.3) is 0 Å². The molecule has 0 spiro atoms. The SMILES string of the molecule is CCCCCCCCCCCCCCCCCCCCCCC/C=C/C(O)C(CO)NC(=O)CCCCCCCCCCCCCCCCCCCCCCCCCCCCCCCC. The molecule has 3 N–H and O–H groups in total. The second-order valence-electron chi connectivity index (χ2n) is 21.1. The van der Waals surface area contributed by atoms with Crippen LogP contribution in [0.15, 0.2) is 12.2 Å². The lowest BCUT2D eigenvalue weighted by Gasteiger charge is -2.20. The molecule has 0 aliphatic heterocycles. The number of rotatable bonds is 57. The van der Waals surface area contributed by atoms with Crippen LogP contribution in [-0.4, -0.2) is 34.9 Å². The van der Waals surface area contributed by atoms with E-state index in [0.717, 1.165) is 25.7 Å². The summed E-state index contributed by atoms with van der Waals surface area (Å²) in [6, 6.07) is -0.619. The van der Waals surface area contributed by atoms with E-state index in [1.54, 1.807) is 6.08 Å². The summed E-state index contributed by atoms with van der Waals surface area (Å²) in [5.74, 6) is -0.0546. The lowest BCUT2D eigenvalue weighted by molar-refractivity contribution is -0.123. The lowest BCUT2D eigenvalue weighted by Crippen LogP contribution is -2.45. The smallest absolute Gasteiger partial charge is 0.220 e. The molecular formula is C61H121NO3. The third-order valence-corrected chi connectivity index (χ3v) is 14.5. The molecule has 4 nitrogen and oxygen atoms in total. The summed E-state index contributed by atoms with van der Waals surface area (Å²) in [4.78, 5) is 12.5. The van der Waals surface area contributed by atoms with Gasteiger partial charge in [-0.05, 0) is 19.3 Å². The maximum absolute atomic E-state index is 12.5. The van der Waals surface area contributed by atoms with E-state index in [4.69, 9.17) is 0 Å². The van der Waals surface area contributed by atoms with Crippen LogP contribution >= 0.6 is 0 Å². The van der Waals surface area contributed by atoms with E-state index in [0.29, 0.717) is 6.42 Å². The Morgan fingerprint density at radius 3 is 0.800 bits per heavy atom. The van der Waals surface area contributed by atoms with Crippen molar-refractivity contribution in [3.05, 3.63) is 12.2 Å². The highest BCUT2D eigenvalue weighted by Gasteiger charge is 2.18. The number of carbonyl (C=O) groups excluding carboxylic acids is 1. The van der Waals surface area contributed by atoms with Gasteiger partial charge in [-0.1, -0.05) is 341 Å². The van der Waals surface area contributed by atoms with Crippen molar-refractivity contribution in [2.24, 2.45) is 0 Å².